The van der Waals surface area contributed by atoms with Gasteiger partial charge in [0.2, 0.25) is 5.91 Å². The second-order valence-corrected chi connectivity index (χ2v) is 9.76. The van der Waals surface area contributed by atoms with E-state index in [1.54, 1.807) is 44.6 Å². The normalized spacial score (nSPS) is 13.2. The second kappa shape index (κ2) is 11.0. The van der Waals surface area contributed by atoms with Gasteiger partial charge in [-0.15, -0.1) is 0 Å². The van der Waals surface area contributed by atoms with Crippen molar-refractivity contribution in [3.63, 3.8) is 0 Å². The fourth-order valence-corrected chi connectivity index (χ4v) is 3.71. The number of halogens is 1. The zero-order chi connectivity index (χ0) is 26.6. The Bertz CT molecular complexity index is 1310. The molecule has 3 N–H and O–H groups in total. The van der Waals surface area contributed by atoms with Gasteiger partial charge in [-0.3, -0.25) is 4.79 Å². The van der Waals surface area contributed by atoms with Gasteiger partial charge in [-0.25, -0.2) is 14.2 Å². The topological polar surface area (TPSA) is 118 Å². The molecule has 2 aromatic heterocycles. The maximum absolute atomic E-state index is 14.7. The van der Waals surface area contributed by atoms with Crippen LogP contribution in [0.2, 0.25) is 0 Å². The molecule has 0 atom stereocenters. The third-order valence-corrected chi connectivity index (χ3v) is 6.35. The standard InChI is InChI=1S/C27H31FN6O3/c1-16-11-21(28)23(32-26(36)30-10-8-27(2,3)37-4)14-20(16)19-12-22(34-31-15-19)18-7-9-29-24(13-18)33-25(35)17-5-6-17/h7,9,11-15,17H,5-6,8,10H2,1-4H3,(H,29,33,35)(H2,30,32,36). The summed E-state index contributed by atoms with van der Waals surface area (Å²) in [6.45, 7) is 6.01. The van der Waals surface area contributed by atoms with Crippen LogP contribution in [-0.4, -0.2) is 46.4 Å². The third-order valence-electron chi connectivity index (χ3n) is 6.35. The van der Waals surface area contributed by atoms with E-state index in [4.69, 9.17) is 4.74 Å². The Kier molecular flexibility index (Phi) is 7.77. The molecule has 37 heavy (non-hydrogen) atoms. The van der Waals surface area contributed by atoms with Crippen molar-refractivity contribution >= 4 is 23.4 Å². The minimum atomic E-state index is -0.541. The Morgan fingerprint density at radius 2 is 1.92 bits per heavy atom. The first kappa shape index (κ1) is 26.2. The number of benzene rings is 1. The number of hydrogen-bond donors (Lipinski definition) is 3. The van der Waals surface area contributed by atoms with Gasteiger partial charge in [-0.05, 0) is 81.5 Å². The lowest BCUT2D eigenvalue weighted by Gasteiger charge is -2.22. The summed E-state index contributed by atoms with van der Waals surface area (Å²) in [7, 11) is 1.61. The number of carbonyl (C=O) groups excluding carboxylic acids is 2. The van der Waals surface area contributed by atoms with Crippen molar-refractivity contribution in [2.45, 2.75) is 45.6 Å². The highest BCUT2D eigenvalue weighted by Crippen LogP contribution is 2.32. The summed E-state index contributed by atoms with van der Waals surface area (Å²) in [6.07, 6.45) is 5.59. The van der Waals surface area contributed by atoms with E-state index in [9.17, 15) is 14.0 Å². The summed E-state index contributed by atoms with van der Waals surface area (Å²) in [5.74, 6) is -0.0537. The summed E-state index contributed by atoms with van der Waals surface area (Å²) in [5.41, 5.74) is 3.05. The SMILES string of the molecule is COC(C)(C)CCNC(=O)Nc1cc(-c2cnnc(-c3ccnc(NC(=O)C4CC4)c3)c2)c(C)cc1F. The molecule has 0 bridgehead atoms. The molecule has 1 aliphatic rings. The molecule has 1 aliphatic carbocycles. The number of pyridine rings is 1. The van der Waals surface area contributed by atoms with Crippen LogP contribution in [0, 0.1) is 18.7 Å². The van der Waals surface area contributed by atoms with Gasteiger partial charge in [0.15, 0.2) is 0 Å². The number of methoxy groups -OCH3 is 1. The van der Waals surface area contributed by atoms with Gasteiger partial charge in [-0.1, -0.05) is 0 Å². The van der Waals surface area contributed by atoms with Crippen LogP contribution in [0.4, 0.5) is 20.7 Å². The number of anilines is 2. The van der Waals surface area contributed by atoms with Crippen LogP contribution >= 0.6 is 0 Å². The molecule has 3 amide bonds. The van der Waals surface area contributed by atoms with Crippen molar-refractivity contribution in [3.8, 4) is 22.4 Å². The number of aryl methyl sites for hydroxylation is 1. The monoisotopic (exact) mass is 506 g/mol. The number of ether oxygens (including phenoxy) is 1. The Labute approximate surface area is 215 Å². The lowest BCUT2D eigenvalue weighted by atomic mass is 9.99. The fourth-order valence-electron chi connectivity index (χ4n) is 3.71. The summed E-state index contributed by atoms with van der Waals surface area (Å²) >= 11 is 0. The number of nitrogens with zero attached hydrogens (tertiary/aromatic N) is 3. The number of aromatic nitrogens is 3. The lowest BCUT2D eigenvalue weighted by Crippen LogP contribution is -2.34. The highest BCUT2D eigenvalue weighted by atomic mass is 19.1. The predicted octanol–water partition coefficient (Wildman–Crippen LogP) is 4.94. The first-order valence-electron chi connectivity index (χ1n) is 12.2. The molecule has 0 radical (unpaired) electrons. The molecule has 9 nitrogen and oxygen atoms in total. The van der Waals surface area contributed by atoms with Gasteiger partial charge in [0, 0.05) is 36.9 Å². The number of amides is 3. The van der Waals surface area contributed by atoms with E-state index in [0.717, 1.165) is 18.4 Å². The van der Waals surface area contributed by atoms with Gasteiger partial charge in [0.05, 0.1) is 23.2 Å². The molecule has 0 spiro atoms. The van der Waals surface area contributed by atoms with E-state index < -0.39 is 11.8 Å². The molecule has 4 rings (SSSR count). The highest BCUT2D eigenvalue weighted by molar-refractivity contribution is 5.94. The van der Waals surface area contributed by atoms with Crippen LogP contribution in [0.1, 0.15) is 38.7 Å². The minimum absolute atomic E-state index is 0.0297. The number of urea groups is 1. The average molecular weight is 507 g/mol. The van der Waals surface area contributed by atoms with E-state index in [2.05, 4.69) is 31.1 Å². The third kappa shape index (κ3) is 6.85. The number of rotatable bonds is 9. The lowest BCUT2D eigenvalue weighted by molar-refractivity contribution is -0.117. The van der Waals surface area contributed by atoms with Crippen LogP contribution in [0.3, 0.4) is 0 Å². The summed E-state index contributed by atoms with van der Waals surface area (Å²) in [5, 5.41) is 16.5. The summed E-state index contributed by atoms with van der Waals surface area (Å²) in [4.78, 5) is 28.7. The molecular formula is C27H31FN6O3. The molecule has 194 valence electrons. The molecule has 1 aromatic carbocycles. The largest absolute Gasteiger partial charge is 0.379 e. The van der Waals surface area contributed by atoms with Crippen LogP contribution in [-0.2, 0) is 9.53 Å². The molecule has 1 saturated carbocycles. The van der Waals surface area contributed by atoms with Crippen molar-refractivity contribution in [1.82, 2.24) is 20.5 Å². The first-order chi connectivity index (χ1) is 17.6. The molecule has 0 aliphatic heterocycles. The quantitative estimate of drug-likeness (QED) is 0.378. The maximum Gasteiger partial charge on any atom is 0.319 e. The van der Waals surface area contributed by atoms with E-state index in [0.29, 0.717) is 41.2 Å². The maximum atomic E-state index is 14.7. The molecular weight excluding hydrogens is 475 g/mol. The Hall–Kier alpha value is -3.92. The smallest absolute Gasteiger partial charge is 0.319 e. The zero-order valence-electron chi connectivity index (χ0n) is 21.4. The molecule has 0 saturated heterocycles. The highest BCUT2D eigenvalue weighted by Gasteiger charge is 2.29. The number of hydrogen-bond acceptors (Lipinski definition) is 6. The minimum Gasteiger partial charge on any atom is -0.379 e. The van der Waals surface area contributed by atoms with Crippen molar-refractivity contribution < 1.29 is 18.7 Å². The second-order valence-electron chi connectivity index (χ2n) is 9.76. The molecule has 3 aromatic rings. The van der Waals surface area contributed by atoms with E-state index in [1.807, 2.05) is 19.9 Å². The van der Waals surface area contributed by atoms with Gasteiger partial charge in [0.25, 0.3) is 0 Å². The Morgan fingerprint density at radius 3 is 2.65 bits per heavy atom. The van der Waals surface area contributed by atoms with Gasteiger partial charge < -0.3 is 20.7 Å². The van der Waals surface area contributed by atoms with Crippen LogP contribution in [0.5, 0.6) is 0 Å². The zero-order valence-corrected chi connectivity index (χ0v) is 21.4. The molecule has 2 heterocycles. The average Bonchev–Trinajstić information content (AvgIpc) is 3.72. The number of carbonyl (C=O) groups is 2. The van der Waals surface area contributed by atoms with Crippen LogP contribution < -0.4 is 16.0 Å². The molecule has 1 fully saturated rings. The van der Waals surface area contributed by atoms with Crippen molar-refractivity contribution in [2.75, 3.05) is 24.3 Å². The molecule has 0 unspecified atom stereocenters. The number of nitrogens with one attached hydrogen (secondary N) is 3. The fraction of sp³-hybridized carbons (Fsp3) is 0.370. The van der Waals surface area contributed by atoms with Crippen LogP contribution in [0.15, 0.2) is 42.7 Å². The van der Waals surface area contributed by atoms with Gasteiger partial charge in [0.1, 0.15) is 11.6 Å². The molecule has 10 heteroatoms. The van der Waals surface area contributed by atoms with E-state index in [1.165, 1.54) is 6.07 Å². The van der Waals surface area contributed by atoms with Crippen molar-refractivity contribution in [3.05, 3.63) is 54.1 Å². The first-order valence-corrected chi connectivity index (χ1v) is 12.2. The summed E-state index contributed by atoms with van der Waals surface area (Å²) in [6, 6.07) is 7.79. The van der Waals surface area contributed by atoms with Gasteiger partial charge in [-0.2, -0.15) is 10.2 Å². The van der Waals surface area contributed by atoms with Crippen molar-refractivity contribution in [1.29, 1.82) is 0 Å². The van der Waals surface area contributed by atoms with E-state index >= 15 is 0 Å². The predicted molar refractivity (Wildman–Crippen MR) is 139 cm³/mol. The van der Waals surface area contributed by atoms with E-state index in [-0.39, 0.29) is 23.1 Å². The Morgan fingerprint density at radius 1 is 1.14 bits per heavy atom. The van der Waals surface area contributed by atoms with Crippen LogP contribution in [0.25, 0.3) is 22.4 Å². The van der Waals surface area contributed by atoms with Crippen molar-refractivity contribution in [2.24, 2.45) is 5.92 Å². The van der Waals surface area contributed by atoms with Gasteiger partial charge >= 0.3 is 6.03 Å². The Balaban J connectivity index is 1.52. The summed E-state index contributed by atoms with van der Waals surface area (Å²) < 4.78 is 20.0.